The highest BCUT2D eigenvalue weighted by Crippen LogP contribution is 2.33. The van der Waals surface area contributed by atoms with Gasteiger partial charge in [-0.15, -0.1) is 0 Å². The molecule has 1 unspecified atom stereocenters. The van der Waals surface area contributed by atoms with Crippen LogP contribution in [0.2, 0.25) is 0 Å². The molecule has 1 rings (SSSR count). The van der Waals surface area contributed by atoms with Gasteiger partial charge in [0.25, 0.3) is 10.1 Å². The van der Waals surface area contributed by atoms with E-state index in [0.29, 0.717) is 12.0 Å². The molecule has 0 saturated carbocycles. The van der Waals surface area contributed by atoms with E-state index in [1.165, 1.54) is 7.11 Å². The van der Waals surface area contributed by atoms with Gasteiger partial charge in [0.1, 0.15) is 0 Å². The quantitative estimate of drug-likeness (QED) is 0.233. The molecule has 22 heavy (non-hydrogen) atoms. The molecule has 0 spiro atoms. The van der Waals surface area contributed by atoms with E-state index in [1.807, 2.05) is 6.92 Å². The highest BCUT2D eigenvalue weighted by Gasteiger charge is 2.37. The van der Waals surface area contributed by atoms with Crippen LogP contribution in [0.15, 0.2) is 16.8 Å². The van der Waals surface area contributed by atoms with Crippen LogP contribution >= 0.6 is 0 Å². The lowest BCUT2D eigenvalue weighted by molar-refractivity contribution is -0.136. The summed E-state index contributed by atoms with van der Waals surface area (Å²) in [4.78, 5) is 14.6. The number of nitrogens with zero attached hydrogens (tertiary/aromatic N) is 3. The van der Waals surface area contributed by atoms with Gasteiger partial charge in [0, 0.05) is 16.9 Å². The van der Waals surface area contributed by atoms with Crippen molar-refractivity contribution in [2.24, 2.45) is 11.0 Å². The molecule has 0 amide bonds. The molecule has 0 N–H and O–H groups in total. The Labute approximate surface area is 130 Å². The first kappa shape index (κ1) is 18.5. The number of carbonyl (C=O) groups excluding carboxylic acids is 1. The predicted octanol–water partition coefficient (Wildman–Crippen LogP) is 2.32. The van der Waals surface area contributed by atoms with Gasteiger partial charge < -0.3 is 4.74 Å². The fraction of sp³-hybridized carbons (Fsp3) is 0.769. The molecule has 0 fully saturated rings. The highest BCUT2D eigenvalue weighted by atomic mass is 32.2. The average Bonchev–Trinajstić information content (AvgIpc) is 2.45. The van der Waals surface area contributed by atoms with E-state index in [4.69, 9.17) is 14.5 Å². The van der Waals surface area contributed by atoms with Crippen molar-refractivity contribution in [1.29, 1.82) is 0 Å². The van der Waals surface area contributed by atoms with Crippen molar-refractivity contribution in [3.8, 4) is 0 Å². The van der Waals surface area contributed by atoms with Crippen LogP contribution in [0, 0.1) is 5.92 Å². The smallest absolute Gasteiger partial charge is 0.333 e. The third-order valence-electron chi connectivity index (χ3n) is 3.48. The molecule has 1 aliphatic rings. The summed E-state index contributed by atoms with van der Waals surface area (Å²) in [7, 11) is -2.48. The van der Waals surface area contributed by atoms with Crippen molar-refractivity contribution in [1.82, 2.24) is 0 Å². The molecule has 0 aliphatic heterocycles. The summed E-state index contributed by atoms with van der Waals surface area (Å²) in [5.74, 6) is -0.784. The molecule has 0 saturated heterocycles. The van der Waals surface area contributed by atoms with Gasteiger partial charge in [0.2, 0.25) is 0 Å². The number of unbranched alkanes of at least 4 members (excludes halogenated alkanes) is 1. The highest BCUT2D eigenvalue weighted by molar-refractivity contribution is 7.86. The van der Waals surface area contributed by atoms with Crippen molar-refractivity contribution < 1.29 is 22.1 Å². The molecule has 0 bridgehead atoms. The first-order chi connectivity index (χ1) is 10.3. The third-order valence-corrected chi connectivity index (χ3v) is 4.07. The summed E-state index contributed by atoms with van der Waals surface area (Å²) >= 11 is 0. The molecule has 9 heteroatoms. The number of esters is 1. The Morgan fingerprint density at radius 3 is 2.73 bits per heavy atom. The molecular weight excluding hydrogens is 310 g/mol. The van der Waals surface area contributed by atoms with Crippen molar-refractivity contribution in [2.75, 3.05) is 13.4 Å². The van der Waals surface area contributed by atoms with Crippen LogP contribution in [0.3, 0.4) is 0 Å². The Balaban J connectivity index is 3.16. The van der Waals surface area contributed by atoms with Crippen LogP contribution in [-0.4, -0.2) is 39.9 Å². The molecule has 1 aliphatic carbocycles. The maximum absolute atomic E-state index is 11.8. The van der Waals surface area contributed by atoms with Gasteiger partial charge >= 0.3 is 5.97 Å². The van der Waals surface area contributed by atoms with E-state index < -0.39 is 28.2 Å². The zero-order chi connectivity index (χ0) is 16.8. The van der Waals surface area contributed by atoms with E-state index in [9.17, 15) is 13.2 Å². The standard InChI is InChI=1S/C13H21N3O5S/c1-4-5-6-9-7-10(13(17)20-2)8-11(12(9)15-16-14)21-22(3,18)19/h7,9,11-12H,4-6,8H2,1-3H3/t9-,11?,12+/m1/s1. The summed E-state index contributed by atoms with van der Waals surface area (Å²) in [6.07, 6.45) is 4.24. The first-order valence-electron chi connectivity index (χ1n) is 7.03. The number of rotatable bonds is 7. The number of hydrogen-bond acceptors (Lipinski definition) is 6. The van der Waals surface area contributed by atoms with Gasteiger partial charge in [-0.05, 0) is 17.9 Å². The Morgan fingerprint density at radius 1 is 1.55 bits per heavy atom. The van der Waals surface area contributed by atoms with Gasteiger partial charge in [0.05, 0.1) is 25.5 Å². The minimum Gasteiger partial charge on any atom is -0.466 e. The van der Waals surface area contributed by atoms with Crippen molar-refractivity contribution in [3.05, 3.63) is 22.1 Å². The SMILES string of the molecule is CCCC[C@@H]1C=C(C(=O)OC)CC(OS(C)(=O)=O)[C@H]1N=[N+]=[N-]. The number of methoxy groups -OCH3 is 1. The monoisotopic (exact) mass is 331 g/mol. The molecule has 124 valence electrons. The fourth-order valence-corrected chi connectivity index (χ4v) is 3.18. The summed E-state index contributed by atoms with van der Waals surface area (Å²) in [6, 6.07) is -0.667. The van der Waals surface area contributed by atoms with Crippen LogP contribution < -0.4 is 0 Å². The lowest BCUT2D eigenvalue weighted by Crippen LogP contribution is -2.39. The summed E-state index contributed by atoms with van der Waals surface area (Å²) in [6.45, 7) is 2.01. The fourth-order valence-electron chi connectivity index (χ4n) is 2.55. The lowest BCUT2D eigenvalue weighted by atomic mass is 9.81. The summed E-state index contributed by atoms with van der Waals surface area (Å²) in [5.41, 5.74) is 9.09. The Bertz CT molecular complexity index is 580. The van der Waals surface area contributed by atoms with Gasteiger partial charge in [-0.1, -0.05) is 31.0 Å². The molecule has 0 aromatic carbocycles. The number of ether oxygens (including phenoxy) is 1. The third kappa shape index (κ3) is 5.32. The molecule has 0 aromatic rings. The number of hydrogen-bond donors (Lipinski definition) is 0. The minimum atomic E-state index is -3.74. The lowest BCUT2D eigenvalue weighted by Gasteiger charge is -2.33. The zero-order valence-corrected chi connectivity index (χ0v) is 13.7. The van der Waals surface area contributed by atoms with Crippen molar-refractivity contribution in [2.45, 2.75) is 44.8 Å². The molecule has 8 nitrogen and oxygen atoms in total. The Hall–Kier alpha value is -1.57. The van der Waals surface area contributed by atoms with Crippen LogP contribution in [0.5, 0.6) is 0 Å². The molecule has 0 aromatic heterocycles. The van der Waals surface area contributed by atoms with Gasteiger partial charge in [-0.25, -0.2) is 4.79 Å². The van der Waals surface area contributed by atoms with Crippen LogP contribution in [0.4, 0.5) is 0 Å². The number of azide groups is 1. The van der Waals surface area contributed by atoms with Crippen LogP contribution in [0.25, 0.3) is 10.4 Å². The second kappa shape index (κ2) is 8.17. The van der Waals surface area contributed by atoms with Gasteiger partial charge in [-0.2, -0.15) is 8.42 Å². The Kier molecular flexibility index (Phi) is 6.86. The minimum absolute atomic E-state index is 0.0338. The predicted molar refractivity (Wildman–Crippen MR) is 80.4 cm³/mol. The van der Waals surface area contributed by atoms with Crippen molar-refractivity contribution in [3.63, 3.8) is 0 Å². The zero-order valence-electron chi connectivity index (χ0n) is 12.9. The molecule has 3 atom stereocenters. The number of carbonyl (C=O) groups is 1. The summed E-state index contributed by atoms with van der Waals surface area (Å²) in [5, 5.41) is 3.70. The second-order valence-electron chi connectivity index (χ2n) is 5.23. The average molecular weight is 331 g/mol. The second-order valence-corrected chi connectivity index (χ2v) is 6.83. The van der Waals surface area contributed by atoms with Crippen LogP contribution in [0.1, 0.15) is 32.6 Å². The molecule has 0 radical (unpaired) electrons. The summed E-state index contributed by atoms with van der Waals surface area (Å²) < 4.78 is 32.6. The first-order valence-corrected chi connectivity index (χ1v) is 8.85. The van der Waals surface area contributed by atoms with Crippen LogP contribution in [-0.2, 0) is 23.8 Å². The topological polar surface area (TPSA) is 118 Å². The van der Waals surface area contributed by atoms with E-state index in [1.54, 1.807) is 6.08 Å². The Morgan fingerprint density at radius 2 is 2.23 bits per heavy atom. The maximum atomic E-state index is 11.8. The maximum Gasteiger partial charge on any atom is 0.333 e. The van der Waals surface area contributed by atoms with E-state index in [-0.39, 0.29) is 12.3 Å². The van der Waals surface area contributed by atoms with E-state index in [2.05, 4.69) is 10.0 Å². The molecular formula is C13H21N3O5S. The van der Waals surface area contributed by atoms with Gasteiger partial charge in [0.15, 0.2) is 0 Å². The van der Waals surface area contributed by atoms with Crippen molar-refractivity contribution >= 4 is 16.1 Å². The largest absolute Gasteiger partial charge is 0.466 e. The normalized spacial score (nSPS) is 25.0. The van der Waals surface area contributed by atoms with E-state index in [0.717, 1.165) is 19.1 Å². The molecule has 0 heterocycles. The van der Waals surface area contributed by atoms with Gasteiger partial charge in [-0.3, -0.25) is 4.18 Å². The van der Waals surface area contributed by atoms with E-state index >= 15 is 0 Å².